The predicted octanol–water partition coefficient (Wildman–Crippen LogP) is 3.61. The number of nitrogens with zero attached hydrogens (tertiary/aromatic N) is 1. The number of nitriles is 1. The molecule has 1 saturated carbocycles. The van der Waals surface area contributed by atoms with Crippen molar-refractivity contribution in [2.75, 3.05) is 0 Å². The van der Waals surface area contributed by atoms with Crippen molar-refractivity contribution in [3.8, 4) is 6.07 Å². The highest BCUT2D eigenvalue weighted by atomic mass is 14.4. The largest absolute Gasteiger partial charge is 0.198 e. The van der Waals surface area contributed by atoms with Gasteiger partial charge in [-0.1, -0.05) is 27.7 Å². The maximum absolute atomic E-state index is 9.08. The summed E-state index contributed by atoms with van der Waals surface area (Å²) in [6.45, 7) is 9.02. The number of hydrogen-bond acceptors (Lipinski definition) is 1. The Bertz CT molecular complexity index is 210. The van der Waals surface area contributed by atoms with E-state index in [1.165, 1.54) is 12.8 Å². The molecule has 1 rings (SSSR count). The molecule has 74 valence electrons. The molecule has 0 aromatic carbocycles. The van der Waals surface area contributed by atoms with E-state index in [1.807, 2.05) is 0 Å². The van der Waals surface area contributed by atoms with Gasteiger partial charge in [0.05, 0.1) is 12.0 Å². The lowest BCUT2D eigenvalue weighted by molar-refractivity contribution is 0.114. The molecule has 0 radical (unpaired) electrons. The zero-order valence-corrected chi connectivity index (χ0v) is 9.30. The van der Waals surface area contributed by atoms with E-state index in [1.54, 1.807) is 0 Å². The van der Waals surface area contributed by atoms with Crippen LogP contribution in [0.5, 0.6) is 0 Å². The van der Waals surface area contributed by atoms with Crippen molar-refractivity contribution in [2.45, 2.75) is 47.0 Å². The predicted molar refractivity (Wildman–Crippen MR) is 55.1 cm³/mol. The van der Waals surface area contributed by atoms with Crippen molar-refractivity contribution in [1.29, 1.82) is 5.26 Å². The van der Waals surface area contributed by atoms with E-state index < -0.39 is 0 Å². The average molecular weight is 179 g/mol. The first-order valence-corrected chi connectivity index (χ1v) is 5.37. The minimum Gasteiger partial charge on any atom is -0.198 e. The van der Waals surface area contributed by atoms with Crippen molar-refractivity contribution in [3.05, 3.63) is 0 Å². The van der Waals surface area contributed by atoms with Gasteiger partial charge in [-0.25, -0.2) is 0 Å². The molecule has 0 bridgehead atoms. The Morgan fingerprint density at radius 3 is 2.46 bits per heavy atom. The van der Waals surface area contributed by atoms with Gasteiger partial charge in [0.1, 0.15) is 0 Å². The fourth-order valence-corrected chi connectivity index (χ4v) is 2.30. The zero-order valence-electron chi connectivity index (χ0n) is 9.30. The summed E-state index contributed by atoms with van der Waals surface area (Å²) in [6, 6.07) is 2.48. The van der Waals surface area contributed by atoms with Gasteiger partial charge >= 0.3 is 0 Å². The van der Waals surface area contributed by atoms with Crippen LogP contribution < -0.4 is 0 Å². The lowest BCUT2D eigenvalue weighted by atomic mass is 9.64. The second kappa shape index (κ2) is 3.70. The smallest absolute Gasteiger partial charge is 0.0661 e. The Balaban J connectivity index is 2.65. The van der Waals surface area contributed by atoms with Gasteiger partial charge in [0.15, 0.2) is 0 Å². The molecule has 1 nitrogen and oxygen atoms in total. The van der Waals surface area contributed by atoms with Crippen LogP contribution in [0.15, 0.2) is 0 Å². The second-order valence-electron chi connectivity index (χ2n) is 5.45. The van der Waals surface area contributed by atoms with E-state index in [9.17, 15) is 0 Å². The van der Waals surface area contributed by atoms with Gasteiger partial charge in [-0.15, -0.1) is 0 Å². The van der Waals surface area contributed by atoms with Crippen LogP contribution >= 0.6 is 0 Å². The van der Waals surface area contributed by atoms with Gasteiger partial charge in [0, 0.05) is 0 Å². The summed E-state index contributed by atoms with van der Waals surface area (Å²) in [5.41, 5.74) is 0.250. The zero-order chi connectivity index (χ0) is 10.1. The molecule has 13 heavy (non-hydrogen) atoms. The monoisotopic (exact) mass is 179 g/mol. The quantitative estimate of drug-likeness (QED) is 0.603. The van der Waals surface area contributed by atoms with Gasteiger partial charge in [0.25, 0.3) is 0 Å². The fraction of sp³-hybridized carbons (Fsp3) is 0.917. The van der Waals surface area contributed by atoms with Crippen molar-refractivity contribution in [1.82, 2.24) is 0 Å². The summed E-state index contributed by atoms with van der Waals surface area (Å²) in [4.78, 5) is 0. The van der Waals surface area contributed by atoms with Crippen molar-refractivity contribution in [3.63, 3.8) is 0 Å². The molecule has 0 aliphatic heterocycles. The molecule has 0 spiro atoms. The van der Waals surface area contributed by atoms with Gasteiger partial charge in [0.2, 0.25) is 0 Å². The van der Waals surface area contributed by atoms with Crippen LogP contribution in [0.4, 0.5) is 0 Å². The molecule has 1 heteroatoms. The third kappa shape index (κ3) is 2.24. The van der Waals surface area contributed by atoms with Gasteiger partial charge < -0.3 is 0 Å². The molecular weight excluding hydrogens is 158 g/mol. The van der Waals surface area contributed by atoms with E-state index in [0.717, 1.165) is 18.3 Å². The molecule has 1 aliphatic rings. The standard InChI is InChI=1S/C12H21N/c1-9(2)10-5-6-12(3,4)11(7-10)8-13/h9-11H,5-7H2,1-4H3. The van der Waals surface area contributed by atoms with Crippen LogP contribution in [0, 0.1) is 34.5 Å². The summed E-state index contributed by atoms with van der Waals surface area (Å²) in [5, 5.41) is 9.08. The van der Waals surface area contributed by atoms with E-state index in [2.05, 4.69) is 33.8 Å². The molecule has 0 amide bonds. The van der Waals surface area contributed by atoms with Gasteiger partial charge in [-0.3, -0.25) is 0 Å². The van der Waals surface area contributed by atoms with Crippen LogP contribution in [0.25, 0.3) is 0 Å². The van der Waals surface area contributed by atoms with E-state index >= 15 is 0 Å². The Morgan fingerprint density at radius 1 is 1.38 bits per heavy atom. The molecule has 2 atom stereocenters. The number of rotatable bonds is 1. The molecular formula is C12H21N. The second-order valence-corrected chi connectivity index (χ2v) is 5.45. The fourth-order valence-electron chi connectivity index (χ4n) is 2.30. The highest BCUT2D eigenvalue weighted by molar-refractivity contribution is 4.98. The maximum Gasteiger partial charge on any atom is 0.0661 e. The topological polar surface area (TPSA) is 23.8 Å². The molecule has 0 aromatic rings. The Kier molecular flexibility index (Phi) is 3.01. The summed E-state index contributed by atoms with van der Waals surface area (Å²) >= 11 is 0. The highest BCUT2D eigenvalue weighted by Crippen LogP contribution is 2.44. The molecule has 1 aliphatic carbocycles. The third-order valence-electron chi connectivity index (χ3n) is 3.74. The Hall–Kier alpha value is -0.510. The van der Waals surface area contributed by atoms with Crippen LogP contribution in [-0.2, 0) is 0 Å². The SMILES string of the molecule is CC(C)C1CCC(C)(C)C(C#N)C1. The van der Waals surface area contributed by atoms with E-state index in [-0.39, 0.29) is 11.3 Å². The van der Waals surface area contributed by atoms with Crippen molar-refractivity contribution >= 4 is 0 Å². The Morgan fingerprint density at radius 2 is 2.00 bits per heavy atom. The molecule has 0 saturated heterocycles. The van der Waals surface area contributed by atoms with E-state index in [0.29, 0.717) is 0 Å². The first-order valence-electron chi connectivity index (χ1n) is 5.37. The third-order valence-corrected chi connectivity index (χ3v) is 3.74. The maximum atomic E-state index is 9.08. The van der Waals surface area contributed by atoms with Gasteiger partial charge in [-0.2, -0.15) is 5.26 Å². The first kappa shape index (κ1) is 10.6. The van der Waals surface area contributed by atoms with Crippen LogP contribution in [0.3, 0.4) is 0 Å². The summed E-state index contributed by atoms with van der Waals surface area (Å²) < 4.78 is 0. The van der Waals surface area contributed by atoms with Crippen LogP contribution in [0.2, 0.25) is 0 Å². The summed E-state index contributed by atoms with van der Waals surface area (Å²) in [5.74, 6) is 1.79. The molecule has 0 heterocycles. The first-order chi connectivity index (χ1) is 5.97. The molecule has 1 fully saturated rings. The van der Waals surface area contributed by atoms with Crippen LogP contribution in [0.1, 0.15) is 47.0 Å². The Labute approximate surface area is 82.1 Å². The number of hydrogen-bond donors (Lipinski definition) is 0. The average Bonchev–Trinajstić information content (AvgIpc) is 2.03. The summed E-state index contributed by atoms with van der Waals surface area (Å²) in [6.07, 6.45) is 3.64. The minimum atomic E-state index is 0.250. The van der Waals surface area contributed by atoms with E-state index in [4.69, 9.17) is 5.26 Å². The molecule has 2 unspecified atom stereocenters. The highest BCUT2D eigenvalue weighted by Gasteiger charge is 2.37. The molecule has 0 aromatic heterocycles. The van der Waals surface area contributed by atoms with Crippen molar-refractivity contribution in [2.24, 2.45) is 23.2 Å². The minimum absolute atomic E-state index is 0.250. The lowest BCUT2D eigenvalue weighted by Gasteiger charge is -2.40. The molecule has 0 N–H and O–H groups in total. The van der Waals surface area contributed by atoms with Crippen LogP contribution in [-0.4, -0.2) is 0 Å². The van der Waals surface area contributed by atoms with Gasteiger partial charge in [-0.05, 0) is 36.5 Å². The lowest BCUT2D eigenvalue weighted by Crippen LogP contribution is -2.32. The van der Waals surface area contributed by atoms with Crippen molar-refractivity contribution < 1.29 is 0 Å². The normalized spacial score (nSPS) is 32.9. The summed E-state index contributed by atoms with van der Waals surface area (Å²) in [7, 11) is 0.